The molecule has 0 atom stereocenters. The first-order valence-electron chi connectivity index (χ1n) is 5.73. The fourth-order valence-corrected chi connectivity index (χ4v) is 2.59. The normalized spacial score (nSPS) is 10.3. The molecule has 1 amide bonds. The van der Waals surface area contributed by atoms with Crippen LogP contribution in [0.5, 0.6) is 0 Å². The molecule has 6 nitrogen and oxygen atoms in total. The van der Waals surface area contributed by atoms with Crippen molar-refractivity contribution >= 4 is 28.2 Å². The summed E-state index contributed by atoms with van der Waals surface area (Å²) in [6.45, 7) is 3.44. The summed E-state index contributed by atoms with van der Waals surface area (Å²) < 4.78 is 0. The third kappa shape index (κ3) is 2.77. The van der Waals surface area contributed by atoms with E-state index in [1.54, 1.807) is 19.9 Å². The van der Waals surface area contributed by atoms with Crippen LogP contribution >= 0.6 is 11.3 Å². The van der Waals surface area contributed by atoms with Gasteiger partial charge in [0, 0.05) is 10.6 Å². The summed E-state index contributed by atoms with van der Waals surface area (Å²) in [7, 11) is 0. The summed E-state index contributed by atoms with van der Waals surface area (Å²) in [5, 5.41) is 11.7. The molecule has 104 valence electrons. The molecule has 20 heavy (non-hydrogen) atoms. The molecule has 3 N–H and O–H groups in total. The van der Waals surface area contributed by atoms with Gasteiger partial charge in [-0.3, -0.25) is 9.59 Å². The fraction of sp³-hybridized carbons (Fsp3) is 0.154. The second-order valence-corrected chi connectivity index (χ2v) is 5.50. The standard InChI is InChI=1S/C13H12N2O4S/c1-6-3-4-8(10(16)14-6)11(17)15-12-9(13(18)19)5-7(2)20-12/h3-5H,1-2H3,(H,14,16)(H,15,17)(H,18,19). The first kappa shape index (κ1) is 14.0. The van der Waals surface area contributed by atoms with Gasteiger partial charge in [0.2, 0.25) is 0 Å². The van der Waals surface area contributed by atoms with E-state index in [1.165, 1.54) is 12.1 Å². The maximum atomic E-state index is 12.0. The highest BCUT2D eigenvalue weighted by Gasteiger charge is 2.18. The van der Waals surface area contributed by atoms with Crippen LogP contribution in [-0.2, 0) is 0 Å². The number of thiophene rings is 1. The van der Waals surface area contributed by atoms with Crippen LogP contribution in [0.2, 0.25) is 0 Å². The predicted molar refractivity (Wildman–Crippen MR) is 75.8 cm³/mol. The zero-order chi connectivity index (χ0) is 14.9. The van der Waals surface area contributed by atoms with Gasteiger partial charge in [-0.05, 0) is 32.0 Å². The van der Waals surface area contributed by atoms with Crippen molar-refractivity contribution in [2.24, 2.45) is 0 Å². The number of anilines is 1. The Bertz CT molecular complexity index is 745. The van der Waals surface area contributed by atoms with Gasteiger partial charge in [0.1, 0.15) is 10.6 Å². The molecule has 0 fully saturated rings. The van der Waals surface area contributed by atoms with E-state index in [4.69, 9.17) is 5.11 Å². The number of carbonyl (C=O) groups is 2. The molecule has 0 unspecified atom stereocenters. The Morgan fingerprint density at radius 2 is 1.95 bits per heavy atom. The highest BCUT2D eigenvalue weighted by atomic mass is 32.1. The van der Waals surface area contributed by atoms with Crippen molar-refractivity contribution in [1.82, 2.24) is 4.98 Å². The molecule has 0 radical (unpaired) electrons. The topological polar surface area (TPSA) is 99.3 Å². The number of hydrogen-bond acceptors (Lipinski definition) is 4. The molecule has 0 aliphatic heterocycles. The first-order valence-corrected chi connectivity index (χ1v) is 6.55. The maximum Gasteiger partial charge on any atom is 0.338 e. The zero-order valence-electron chi connectivity index (χ0n) is 10.8. The Labute approximate surface area is 118 Å². The Hall–Kier alpha value is -2.41. The van der Waals surface area contributed by atoms with Crippen LogP contribution in [0.4, 0.5) is 5.00 Å². The van der Waals surface area contributed by atoms with Crippen molar-refractivity contribution in [3.63, 3.8) is 0 Å². The number of nitrogens with one attached hydrogen (secondary N) is 2. The van der Waals surface area contributed by atoms with Crippen LogP contribution < -0.4 is 10.9 Å². The Kier molecular flexibility index (Phi) is 3.71. The largest absolute Gasteiger partial charge is 0.478 e. The molecule has 0 saturated heterocycles. The lowest BCUT2D eigenvalue weighted by atomic mass is 10.2. The van der Waals surface area contributed by atoms with E-state index in [0.717, 1.165) is 16.2 Å². The molecule has 0 aliphatic rings. The van der Waals surface area contributed by atoms with Crippen LogP contribution in [0.3, 0.4) is 0 Å². The van der Waals surface area contributed by atoms with Gasteiger partial charge >= 0.3 is 5.97 Å². The maximum absolute atomic E-state index is 12.0. The van der Waals surface area contributed by atoms with Gasteiger partial charge in [-0.15, -0.1) is 11.3 Å². The summed E-state index contributed by atoms with van der Waals surface area (Å²) in [6.07, 6.45) is 0. The van der Waals surface area contributed by atoms with E-state index >= 15 is 0 Å². The van der Waals surface area contributed by atoms with Gasteiger partial charge in [-0.25, -0.2) is 4.79 Å². The highest BCUT2D eigenvalue weighted by molar-refractivity contribution is 7.16. The molecule has 0 aliphatic carbocycles. The minimum absolute atomic E-state index is 0.0180. The monoisotopic (exact) mass is 292 g/mol. The zero-order valence-corrected chi connectivity index (χ0v) is 11.6. The van der Waals surface area contributed by atoms with E-state index in [-0.39, 0.29) is 16.1 Å². The lowest BCUT2D eigenvalue weighted by molar-refractivity contribution is 0.0698. The molecule has 0 spiro atoms. The quantitative estimate of drug-likeness (QED) is 0.805. The third-order valence-corrected chi connectivity index (χ3v) is 3.58. The number of pyridine rings is 1. The number of hydrogen-bond donors (Lipinski definition) is 3. The minimum atomic E-state index is -1.12. The minimum Gasteiger partial charge on any atom is -0.478 e. The molecule has 2 aromatic rings. The molecular formula is C13H12N2O4S. The molecule has 0 bridgehead atoms. The Balaban J connectivity index is 2.32. The van der Waals surface area contributed by atoms with Crippen molar-refractivity contribution < 1.29 is 14.7 Å². The first-order chi connectivity index (χ1) is 9.38. The summed E-state index contributed by atoms with van der Waals surface area (Å²) in [4.78, 5) is 38.0. The van der Waals surface area contributed by atoms with Gasteiger partial charge in [-0.1, -0.05) is 0 Å². The van der Waals surface area contributed by atoms with Crippen molar-refractivity contribution in [2.45, 2.75) is 13.8 Å². The Morgan fingerprint density at radius 3 is 2.55 bits per heavy atom. The van der Waals surface area contributed by atoms with Crippen LogP contribution in [0, 0.1) is 13.8 Å². The SMILES string of the molecule is Cc1ccc(C(=O)Nc2sc(C)cc2C(=O)O)c(=O)[nH]1. The van der Waals surface area contributed by atoms with Gasteiger partial charge in [-0.2, -0.15) is 0 Å². The van der Waals surface area contributed by atoms with Crippen molar-refractivity contribution in [2.75, 3.05) is 5.32 Å². The van der Waals surface area contributed by atoms with Crippen molar-refractivity contribution in [3.05, 3.63) is 50.3 Å². The second-order valence-electron chi connectivity index (χ2n) is 4.24. The van der Waals surface area contributed by atoms with E-state index in [0.29, 0.717) is 5.69 Å². The Morgan fingerprint density at radius 1 is 1.25 bits per heavy atom. The van der Waals surface area contributed by atoms with Gasteiger partial charge in [0.15, 0.2) is 0 Å². The van der Waals surface area contributed by atoms with Crippen molar-refractivity contribution in [1.29, 1.82) is 0 Å². The van der Waals surface area contributed by atoms with E-state index in [2.05, 4.69) is 10.3 Å². The summed E-state index contributed by atoms with van der Waals surface area (Å²) in [5.41, 5.74) is 0.0970. The summed E-state index contributed by atoms with van der Waals surface area (Å²) in [6, 6.07) is 4.49. The van der Waals surface area contributed by atoms with Crippen molar-refractivity contribution in [3.8, 4) is 0 Å². The van der Waals surface area contributed by atoms with Crippen LogP contribution in [0.1, 0.15) is 31.3 Å². The molecule has 0 aromatic carbocycles. The van der Waals surface area contributed by atoms with E-state index in [9.17, 15) is 14.4 Å². The van der Waals surface area contributed by atoms with Gasteiger partial charge in [0.05, 0.1) is 5.56 Å². The molecule has 2 aromatic heterocycles. The lowest BCUT2D eigenvalue weighted by Gasteiger charge is -2.04. The van der Waals surface area contributed by atoms with E-state index < -0.39 is 17.4 Å². The number of carboxylic acids is 1. The number of carbonyl (C=O) groups excluding carboxylic acids is 1. The number of amides is 1. The molecule has 0 saturated carbocycles. The number of aryl methyl sites for hydroxylation is 2. The molecule has 2 heterocycles. The van der Waals surface area contributed by atoms with Crippen LogP contribution in [0.15, 0.2) is 23.0 Å². The average molecular weight is 292 g/mol. The summed E-state index contributed by atoms with van der Waals surface area (Å²) >= 11 is 1.15. The second kappa shape index (κ2) is 5.30. The number of aromatic carboxylic acids is 1. The third-order valence-electron chi connectivity index (χ3n) is 2.61. The van der Waals surface area contributed by atoms with E-state index in [1.807, 2.05) is 0 Å². The number of aromatic nitrogens is 1. The molecule has 2 rings (SSSR count). The van der Waals surface area contributed by atoms with Crippen LogP contribution in [-0.4, -0.2) is 22.0 Å². The number of carboxylic acid groups (broad SMARTS) is 1. The average Bonchev–Trinajstić information content (AvgIpc) is 2.70. The number of H-pyrrole nitrogens is 1. The fourth-order valence-electron chi connectivity index (χ4n) is 1.69. The number of aromatic amines is 1. The predicted octanol–water partition coefficient (Wildman–Crippen LogP) is 2.00. The number of rotatable bonds is 3. The smallest absolute Gasteiger partial charge is 0.338 e. The molecule has 7 heteroatoms. The lowest BCUT2D eigenvalue weighted by Crippen LogP contribution is -2.23. The summed E-state index contributed by atoms with van der Waals surface area (Å²) in [5.74, 6) is -1.75. The van der Waals surface area contributed by atoms with Gasteiger partial charge < -0.3 is 15.4 Å². The highest BCUT2D eigenvalue weighted by Crippen LogP contribution is 2.27. The van der Waals surface area contributed by atoms with Crippen LogP contribution in [0.25, 0.3) is 0 Å². The van der Waals surface area contributed by atoms with Gasteiger partial charge in [0.25, 0.3) is 11.5 Å². The molecular weight excluding hydrogens is 280 g/mol.